The van der Waals surface area contributed by atoms with E-state index in [1.54, 1.807) is 0 Å². The van der Waals surface area contributed by atoms with Crippen molar-refractivity contribution >= 4 is 5.97 Å². The van der Waals surface area contributed by atoms with E-state index >= 15 is 0 Å². The topological polar surface area (TPSA) is 49.3 Å². The van der Waals surface area contributed by atoms with Gasteiger partial charge in [0.2, 0.25) is 0 Å². The van der Waals surface area contributed by atoms with Crippen LogP contribution in [0.25, 0.3) is 0 Å². The van der Waals surface area contributed by atoms with Crippen molar-refractivity contribution in [1.82, 2.24) is 5.32 Å². The highest BCUT2D eigenvalue weighted by Gasteiger charge is 2.56. The van der Waals surface area contributed by atoms with Gasteiger partial charge in [-0.2, -0.15) is 0 Å². The fourth-order valence-electron chi connectivity index (χ4n) is 2.40. The molecule has 1 atom stereocenters. The summed E-state index contributed by atoms with van der Waals surface area (Å²) in [6.07, 6.45) is 1.53. The molecule has 0 saturated heterocycles. The second kappa shape index (κ2) is 3.91. The Hall–Kier alpha value is -1.35. The Morgan fingerprint density at radius 2 is 2.06 bits per heavy atom. The van der Waals surface area contributed by atoms with Gasteiger partial charge in [0.1, 0.15) is 0 Å². The fourth-order valence-corrected chi connectivity index (χ4v) is 2.40. The average Bonchev–Trinajstić information content (AvgIpc) is 3.03. The predicted molar refractivity (Wildman–Crippen MR) is 62.3 cm³/mol. The van der Waals surface area contributed by atoms with Crippen LogP contribution in [0.5, 0.6) is 0 Å². The summed E-state index contributed by atoms with van der Waals surface area (Å²) in [4.78, 5) is 11.3. The lowest BCUT2D eigenvalue weighted by Gasteiger charge is -2.25. The van der Waals surface area contributed by atoms with Gasteiger partial charge in [0, 0.05) is 6.04 Å². The van der Waals surface area contributed by atoms with Crippen LogP contribution in [0.4, 0.5) is 0 Å². The largest absolute Gasteiger partial charge is 0.481 e. The molecule has 1 saturated carbocycles. The van der Waals surface area contributed by atoms with Crippen molar-refractivity contribution in [2.24, 2.45) is 5.41 Å². The van der Waals surface area contributed by atoms with Crippen LogP contribution in [0.3, 0.4) is 0 Å². The van der Waals surface area contributed by atoms with Crippen LogP contribution < -0.4 is 5.32 Å². The number of nitrogens with one attached hydrogen (secondary N) is 1. The zero-order chi connectivity index (χ0) is 11.8. The molecule has 0 spiro atoms. The zero-order valence-corrected chi connectivity index (χ0v) is 9.66. The van der Waals surface area contributed by atoms with Crippen molar-refractivity contribution in [3.8, 4) is 0 Å². The minimum Gasteiger partial charge on any atom is -0.481 e. The summed E-state index contributed by atoms with van der Waals surface area (Å²) < 4.78 is 0. The monoisotopic (exact) mass is 219 g/mol. The predicted octanol–water partition coefficient (Wildman–Crippen LogP) is 2.12. The van der Waals surface area contributed by atoms with E-state index in [-0.39, 0.29) is 6.04 Å². The number of carbonyl (C=O) groups is 1. The Labute approximate surface area is 95.5 Å². The molecule has 0 amide bonds. The number of aryl methyl sites for hydroxylation is 1. The summed E-state index contributed by atoms with van der Waals surface area (Å²) in [5.74, 6) is -0.685. The highest BCUT2D eigenvalue weighted by molar-refractivity contribution is 5.79. The maximum Gasteiger partial charge on any atom is 0.311 e. The summed E-state index contributed by atoms with van der Waals surface area (Å²) in [6.45, 7) is 2.03. The lowest BCUT2D eigenvalue weighted by atomic mass is 9.88. The van der Waals surface area contributed by atoms with Crippen LogP contribution in [0, 0.1) is 12.3 Å². The first-order valence-electron chi connectivity index (χ1n) is 5.58. The van der Waals surface area contributed by atoms with Crippen LogP contribution in [-0.4, -0.2) is 18.1 Å². The molecule has 2 rings (SSSR count). The molecule has 3 heteroatoms. The summed E-state index contributed by atoms with van der Waals surface area (Å²) in [5, 5.41) is 12.5. The molecular weight excluding hydrogens is 202 g/mol. The maximum atomic E-state index is 11.3. The van der Waals surface area contributed by atoms with E-state index < -0.39 is 11.4 Å². The molecule has 0 heterocycles. The molecule has 0 bridgehead atoms. The first-order chi connectivity index (χ1) is 7.62. The molecule has 86 valence electrons. The lowest BCUT2D eigenvalue weighted by Crippen LogP contribution is -2.32. The van der Waals surface area contributed by atoms with Crippen LogP contribution in [0.15, 0.2) is 24.3 Å². The molecule has 2 N–H and O–H groups in total. The lowest BCUT2D eigenvalue weighted by molar-refractivity contribution is -0.144. The smallest absolute Gasteiger partial charge is 0.311 e. The van der Waals surface area contributed by atoms with Crippen molar-refractivity contribution in [3.63, 3.8) is 0 Å². The summed E-state index contributed by atoms with van der Waals surface area (Å²) in [5.41, 5.74) is 1.67. The van der Waals surface area contributed by atoms with Crippen LogP contribution in [0.2, 0.25) is 0 Å². The second-order valence-electron chi connectivity index (χ2n) is 4.54. The molecule has 1 unspecified atom stereocenters. The van der Waals surface area contributed by atoms with E-state index in [2.05, 4.69) is 5.32 Å². The van der Waals surface area contributed by atoms with Crippen molar-refractivity contribution in [2.75, 3.05) is 7.05 Å². The third-order valence-corrected chi connectivity index (χ3v) is 3.56. The molecule has 1 fully saturated rings. The molecule has 0 aromatic heterocycles. The van der Waals surface area contributed by atoms with Gasteiger partial charge in [-0.25, -0.2) is 0 Å². The normalized spacial score (nSPS) is 19.1. The number of hydrogen-bond acceptors (Lipinski definition) is 2. The van der Waals surface area contributed by atoms with Gasteiger partial charge in [-0.05, 0) is 37.9 Å². The van der Waals surface area contributed by atoms with Gasteiger partial charge in [-0.3, -0.25) is 4.79 Å². The third-order valence-electron chi connectivity index (χ3n) is 3.56. The van der Waals surface area contributed by atoms with Crippen molar-refractivity contribution in [2.45, 2.75) is 25.8 Å². The van der Waals surface area contributed by atoms with E-state index in [1.165, 1.54) is 0 Å². The van der Waals surface area contributed by atoms with Gasteiger partial charge in [-0.1, -0.05) is 24.3 Å². The Balaban J connectivity index is 2.38. The Morgan fingerprint density at radius 1 is 1.44 bits per heavy atom. The third kappa shape index (κ3) is 1.61. The highest BCUT2D eigenvalue weighted by Crippen LogP contribution is 2.55. The van der Waals surface area contributed by atoms with Crippen molar-refractivity contribution in [3.05, 3.63) is 35.4 Å². The first kappa shape index (κ1) is 11.1. The SMILES string of the molecule is CNC(c1ccccc1C)C1(C(=O)O)CC1. The van der Waals surface area contributed by atoms with Crippen molar-refractivity contribution < 1.29 is 9.90 Å². The first-order valence-corrected chi connectivity index (χ1v) is 5.58. The van der Waals surface area contributed by atoms with Gasteiger partial charge in [0.15, 0.2) is 0 Å². The number of aliphatic carboxylic acids is 1. The second-order valence-corrected chi connectivity index (χ2v) is 4.54. The van der Waals surface area contributed by atoms with Gasteiger partial charge in [0.25, 0.3) is 0 Å². The summed E-state index contributed by atoms with van der Waals surface area (Å²) >= 11 is 0. The Bertz CT molecular complexity index is 410. The fraction of sp³-hybridized carbons (Fsp3) is 0.462. The van der Waals surface area contributed by atoms with Gasteiger partial charge in [0.05, 0.1) is 5.41 Å². The minimum atomic E-state index is -0.685. The number of carboxylic acids is 1. The highest BCUT2D eigenvalue weighted by atomic mass is 16.4. The molecule has 1 aromatic rings. The molecule has 3 nitrogen and oxygen atoms in total. The van der Waals surface area contributed by atoms with Crippen LogP contribution >= 0.6 is 0 Å². The van der Waals surface area contributed by atoms with Crippen LogP contribution in [0.1, 0.15) is 30.0 Å². The van der Waals surface area contributed by atoms with E-state index in [4.69, 9.17) is 0 Å². The van der Waals surface area contributed by atoms with Crippen LogP contribution in [-0.2, 0) is 4.79 Å². The standard InChI is InChI=1S/C13H17NO2/c1-9-5-3-4-6-10(9)11(14-2)13(7-8-13)12(15)16/h3-6,11,14H,7-8H2,1-2H3,(H,15,16). The minimum absolute atomic E-state index is 0.0776. The van der Waals surface area contributed by atoms with E-state index in [9.17, 15) is 9.90 Å². The molecule has 1 aliphatic rings. The average molecular weight is 219 g/mol. The number of carboxylic acid groups (broad SMARTS) is 1. The van der Waals surface area contributed by atoms with Crippen molar-refractivity contribution in [1.29, 1.82) is 0 Å². The quantitative estimate of drug-likeness (QED) is 0.815. The number of rotatable bonds is 4. The molecular formula is C13H17NO2. The van der Waals surface area contributed by atoms with Gasteiger partial charge < -0.3 is 10.4 Å². The maximum absolute atomic E-state index is 11.3. The van der Waals surface area contributed by atoms with Gasteiger partial charge >= 0.3 is 5.97 Å². The van der Waals surface area contributed by atoms with E-state index in [0.29, 0.717) is 0 Å². The summed E-state index contributed by atoms with van der Waals surface area (Å²) in [7, 11) is 1.83. The Kier molecular flexibility index (Phi) is 2.72. The van der Waals surface area contributed by atoms with E-state index in [0.717, 1.165) is 24.0 Å². The molecule has 0 radical (unpaired) electrons. The van der Waals surface area contributed by atoms with E-state index in [1.807, 2.05) is 38.2 Å². The molecule has 0 aliphatic heterocycles. The Morgan fingerprint density at radius 3 is 2.50 bits per heavy atom. The molecule has 16 heavy (non-hydrogen) atoms. The zero-order valence-electron chi connectivity index (χ0n) is 9.66. The number of benzene rings is 1. The molecule has 1 aromatic carbocycles. The molecule has 1 aliphatic carbocycles. The summed E-state index contributed by atoms with van der Waals surface area (Å²) in [6, 6.07) is 7.90. The van der Waals surface area contributed by atoms with Gasteiger partial charge in [-0.15, -0.1) is 0 Å². The number of hydrogen-bond donors (Lipinski definition) is 2.